The van der Waals surface area contributed by atoms with Gasteiger partial charge in [-0.25, -0.2) is 4.39 Å². The van der Waals surface area contributed by atoms with E-state index in [1.54, 1.807) is 23.0 Å². The van der Waals surface area contributed by atoms with E-state index in [0.717, 1.165) is 30.4 Å². The summed E-state index contributed by atoms with van der Waals surface area (Å²) in [5.74, 6) is -0.347. The predicted octanol–water partition coefficient (Wildman–Crippen LogP) is 1.99. The average Bonchev–Trinajstić information content (AvgIpc) is 3.14. The number of aromatic nitrogens is 2. The smallest absolute Gasteiger partial charge is 0.224 e. The molecule has 0 aliphatic heterocycles. The summed E-state index contributed by atoms with van der Waals surface area (Å²) in [6.07, 6.45) is 6.45. The molecule has 1 saturated carbocycles. The monoisotopic (exact) mass is 345 g/mol. The van der Waals surface area contributed by atoms with E-state index >= 15 is 0 Å². The Balaban J connectivity index is 1.64. The third-order valence-corrected chi connectivity index (χ3v) is 5.09. The van der Waals surface area contributed by atoms with Crippen molar-refractivity contribution in [2.45, 2.75) is 38.2 Å². The molecule has 1 aliphatic rings. The molecule has 134 valence electrons. The molecule has 3 rings (SSSR count). The van der Waals surface area contributed by atoms with Crippen molar-refractivity contribution in [2.75, 3.05) is 6.54 Å². The summed E-state index contributed by atoms with van der Waals surface area (Å²) in [4.78, 5) is 12.2. The van der Waals surface area contributed by atoms with Gasteiger partial charge in [-0.1, -0.05) is 18.6 Å². The zero-order chi connectivity index (χ0) is 17.9. The fourth-order valence-electron chi connectivity index (χ4n) is 3.69. The number of nitrogens with one attached hydrogen (secondary N) is 1. The average molecular weight is 345 g/mol. The SMILES string of the molecule is Cn1cc(CC(=O)NCC2(Cc3ccc(F)cc3)CCCC2O)cn1. The first kappa shape index (κ1) is 17.6. The highest BCUT2D eigenvalue weighted by Crippen LogP contribution is 2.40. The van der Waals surface area contributed by atoms with Crippen LogP contribution >= 0.6 is 0 Å². The summed E-state index contributed by atoms with van der Waals surface area (Å²) in [6, 6.07) is 6.37. The van der Waals surface area contributed by atoms with Crippen molar-refractivity contribution in [1.82, 2.24) is 15.1 Å². The molecular weight excluding hydrogens is 321 g/mol. The number of hydrogen-bond donors (Lipinski definition) is 2. The van der Waals surface area contributed by atoms with Crippen LogP contribution in [0.25, 0.3) is 0 Å². The van der Waals surface area contributed by atoms with Crippen molar-refractivity contribution < 1.29 is 14.3 Å². The molecular formula is C19H24FN3O2. The van der Waals surface area contributed by atoms with Gasteiger partial charge in [-0.05, 0) is 42.5 Å². The summed E-state index contributed by atoms with van der Waals surface area (Å²) in [5.41, 5.74) is 1.45. The van der Waals surface area contributed by atoms with Gasteiger partial charge in [-0.15, -0.1) is 0 Å². The molecule has 0 bridgehead atoms. The zero-order valence-electron chi connectivity index (χ0n) is 14.4. The molecule has 2 unspecified atom stereocenters. The number of carbonyl (C=O) groups is 1. The summed E-state index contributed by atoms with van der Waals surface area (Å²) < 4.78 is 14.8. The standard InChI is InChI=1S/C19H24FN3O2/c1-23-12-15(11-22-23)9-18(25)21-13-19(8-2-3-17(19)24)10-14-4-6-16(20)7-5-14/h4-7,11-12,17,24H,2-3,8-10,13H2,1H3,(H,21,25). The van der Waals surface area contributed by atoms with Crippen molar-refractivity contribution in [2.24, 2.45) is 12.5 Å². The summed E-state index contributed by atoms with van der Waals surface area (Å²) in [7, 11) is 1.81. The number of nitrogens with zero attached hydrogens (tertiary/aromatic N) is 2. The van der Waals surface area contributed by atoms with Gasteiger partial charge in [-0.2, -0.15) is 5.10 Å². The van der Waals surface area contributed by atoms with Crippen LogP contribution in [0.15, 0.2) is 36.7 Å². The molecule has 2 N–H and O–H groups in total. The first-order valence-electron chi connectivity index (χ1n) is 8.64. The third kappa shape index (κ3) is 4.25. The van der Waals surface area contributed by atoms with E-state index < -0.39 is 6.10 Å². The number of carbonyl (C=O) groups excluding carboxylic acids is 1. The van der Waals surface area contributed by atoms with Gasteiger partial charge in [0.15, 0.2) is 0 Å². The van der Waals surface area contributed by atoms with E-state index in [9.17, 15) is 14.3 Å². The molecule has 25 heavy (non-hydrogen) atoms. The molecule has 2 atom stereocenters. The van der Waals surface area contributed by atoms with Gasteiger partial charge >= 0.3 is 0 Å². The van der Waals surface area contributed by atoms with Crippen LogP contribution < -0.4 is 5.32 Å². The molecule has 0 saturated heterocycles. The van der Waals surface area contributed by atoms with Crippen LogP contribution in [0, 0.1) is 11.2 Å². The lowest BCUT2D eigenvalue weighted by Crippen LogP contribution is -2.44. The van der Waals surface area contributed by atoms with E-state index in [1.807, 2.05) is 13.2 Å². The zero-order valence-corrected chi connectivity index (χ0v) is 14.4. The van der Waals surface area contributed by atoms with Crippen molar-refractivity contribution in [3.8, 4) is 0 Å². The number of benzene rings is 1. The molecule has 5 nitrogen and oxygen atoms in total. The normalized spacial score (nSPS) is 22.9. The van der Waals surface area contributed by atoms with Crippen LogP contribution in [0.3, 0.4) is 0 Å². The molecule has 1 aromatic carbocycles. The number of aliphatic hydroxyl groups is 1. The fourth-order valence-corrected chi connectivity index (χ4v) is 3.69. The molecule has 0 spiro atoms. The Hall–Kier alpha value is -2.21. The van der Waals surface area contributed by atoms with Gasteiger partial charge in [0.25, 0.3) is 0 Å². The molecule has 1 amide bonds. The molecule has 1 fully saturated rings. The first-order chi connectivity index (χ1) is 12.0. The maximum absolute atomic E-state index is 13.1. The second-order valence-corrected chi connectivity index (χ2v) is 7.05. The van der Waals surface area contributed by atoms with Crippen molar-refractivity contribution in [3.63, 3.8) is 0 Å². The topological polar surface area (TPSA) is 67.2 Å². The summed E-state index contributed by atoms with van der Waals surface area (Å²) >= 11 is 0. The van der Waals surface area contributed by atoms with Crippen LogP contribution in [-0.4, -0.2) is 33.4 Å². The van der Waals surface area contributed by atoms with E-state index in [2.05, 4.69) is 10.4 Å². The Labute approximate surface area is 146 Å². The number of aliphatic hydroxyl groups excluding tert-OH is 1. The molecule has 6 heteroatoms. The number of halogens is 1. The highest BCUT2D eigenvalue weighted by atomic mass is 19.1. The van der Waals surface area contributed by atoms with Crippen molar-refractivity contribution in [3.05, 3.63) is 53.6 Å². The minimum Gasteiger partial charge on any atom is -0.392 e. The van der Waals surface area contributed by atoms with Crippen LogP contribution in [0.2, 0.25) is 0 Å². The Bertz CT molecular complexity index is 729. The number of hydrogen-bond acceptors (Lipinski definition) is 3. The van der Waals surface area contributed by atoms with Gasteiger partial charge in [0.1, 0.15) is 5.82 Å². The van der Waals surface area contributed by atoms with Crippen LogP contribution in [-0.2, 0) is 24.7 Å². The van der Waals surface area contributed by atoms with Gasteiger partial charge in [0.2, 0.25) is 5.91 Å². The highest BCUT2D eigenvalue weighted by molar-refractivity contribution is 5.78. The second kappa shape index (κ2) is 7.35. The first-order valence-corrected chi connectivity index (χ1v) is 8.64. The van der Waals surface area contributed by atoms with Gasteiger partial charge in [0, 0.05) is 25.2 Å². The maximum atomic E-state index is 13.1. The molecule has 2 aromatic rings. The third-order valence-electron chi connectivity index (χ3n) is 5.09. The predicted molar refractivity (Wildman–Crippen MR) is 92.3 cm³/mol. The number of rotatable bonds is 6. The van der Waals surface area contributed by atoms with Crippen LogP contribution in [0.4, 0.5) is 4.39 Å². The maximum Gasteiger partial charge on any atom is 0.224 e. The molecule has 0 radical (unpaired) electrons. The summed E-state index contributed by atoms with van der Waals surface area (Å²) in [6.45, 7) is 0.421. The molecule has 1 aliphatic carbocycles. The second-order valence-electron chi connectivity index (χ2n) is 7.05. The van der Waals surface area contributed by atoms with Gasteiger partial charge < -0.3 is 10.4 Å². The highest BCUT2D eigenvalue weighted by Gasteiger charge is 2.42. The Morgan fingerprint density at radius 2 is 2.16 bits per heavy atom. The molecule has 1 heterocycles. The Morgan fingerprint density at radius 1 is 1.40 bits per heavy atom. The van der Waals surface area contributed by atoms with Crippen molar-refractivity contribution in [1.29, 1.82) is 0 Å². The van der Waals surface area contributed by atoms with E-state index in [1.165, 1.54) is 12.1 Å². The number of amides is 1. The lowest BCUT2D eigenvalue weighted by atomic mass is 9.78. The lowest BCUT2D eigenvalue weighted by molar-refractivity contribution is -0.121. The van der Waals surface area contributed by atoms with Crippen LogP contribution in [0.1, 0.15) is 30.4 Å². The largest absolute Gasteiger partial charge is 0.392 e. The minimum atomic E-state index is -0.462. The van der Waals surface area contributed by atoms with Gasteiger partial charge in [0.05, 0.1) is 18.7 Å². The summed E-state index contributed by atoms with van der Waals surface area (Å²) in [5, 5.41) is 17.6. The van der Waals surface area contributed by atoms with Gasteiger partial charge in [-0.3, -0.25) is 9.48 Å². The molecule has 1 aromatic heterocycles. The lowest BCUT2D eigenvalue weighted by Gasteiger charge is -2.33. The van der Waals surface area contributed by atoms with Crippen LogP contribution in [0.5, 0.6) is 0 Å². The Morgan fingerprint density at radius 3 is 2.76 bits per heavy atom. The van der Waals surface area contributed by atoms with E-state index in [0.29, 0.717) is 13.0 Å². The van der Waals surface area contributed by atoms with E-state index in [4.69, 9.17) is 0 Å². The fraction of sp³-hybridized carbons (Fsp3) is 0.474. The van der Waals surface area contributed by atoms with Crippen molar-refractivity contribution >= 4 is 5.91 Å². The van der Waals surface area contributed by atoms with E-state index in [-0.39, 0.29) is 23.6 Å². The number of aryl methyl sites for hydroxylation is 1. The Kier molecular flexibility index (Phi) is 5.18. The minimum absolute atomic E-state index is 0.0782. The quantitative estimate of drug-likeness (QED) is 0.841.